The number of halogens is 9. The highest BCUT2D eigenvalue weighted by molar-refractivity contribution is 9.10. The Bertz CT molecular complexity index is 1880. The Labute approximate surface area is 297 Å². The van der Waals surface area contributed by atoms with Gasteiger partial charge in [-0.3, -0.25) is 4.98 Å². The number of carbonyl (C=O) groups is 2. The van der Waals surface area contributed by atoms with Crippen LogP contribution in [0, 0.1) is 0 Å². The Hall–Kier alpha value is -4.48. The summed E-state index contributed by atoms with van der Waals surface area (Å²) in [5.74, 6) is -1.62. The second-order valence-electron chi connectivity index (χ2n) is 9.85. The molecule has 1 fully saturated rings. The van der Waals surface area contributed by atoms with E-state index in [1.165, 1.54) is 50.9 Å². The Balaban J connectivity index is 0.000000226. The van der Waals surface area contributed by atoms with Gasteiger partial charge < -0.3 is 28.4 Å². The van der Waals surface area contributed by atoms with E-state index < -0.39 is 36.2 Å². The van der Waals surface area contributed by atoms with Gasteiger partial charge in [-0.25, -0.2) is 14.6 Å². The molecular formula is C31H21BrCl2F6N2O8. The normalized spacial score (nSPS) is 12.6. The van der Waals surface area contributed by atoms with Crippen molar-refractivity contribution in [2.75, 3.05) is 14.2 Å². The highest BCUT2D eigenvalue weighted by Crippen LogP contribution is 2.42. The molecule has 0 unspecified atom stereocenters. The molecule has 0 atom stereocenters. The number of aromatic nitrogens is 2. The van der Waals surface area contributed by atoms with Crippen molar-refractivity contribution >= 4 is 51.1 Å². The number of ether oxygens (including phenoxy) is 6. The first-order chi connectivity index (χ1) is 23.5. The van der Waals surface area contributed by atoms with Gasteiger partial charge in [-0.1, -0.05) is 23.2 Å². The summed E-state index contributed by atoms with van der Waals surface area (Å²) in [7, 11) is 2.41. The fourth-order valence-electron chi connectivity index (χ4n) is 3.92. The molecule has 2 aromatic heterocycles. The molecule has 1 aliphatic carbocycles. The monoisotopic (exact) mass is 812 g/mol. The molecule has 10 nitrogen and oxygen atoms in total. The Morgan fingerprint density at radius 2 is 1.14 bits per heavy atom. The number of pyridine rings is 2. The number of rotatable bonds is 9. The molecule has 19 heteroatoms. The van der Waals surface area contributed by atoms with Crippen LogP contribution in [0.1, 0.15) is 45.2 Å². The average Bonchev–Trinajstić information content (AvgIpc) is 3.88. The minimum atomic E-state index is -4.86. The van der Waals surface area contributed by atoms with E-state index in [1.807, 2.05) is 0 Å². The molecular weight excluding hydrogens is 793 g/mol. The predicted octanol–water partition coefficient (Wildman–Crippen LogP) is 10.1. The van der Waals surface area contributed by atoms with Crippen molar-refractivity contribution in [1.82, 2.24) is 9.97 Å². The van der Waals surface area contributed by atoms with E-state index in [9.17, 15) is 35.9 Å². The predicted molar refractivity (Wildman–Crippen MR) is 167 cm³/mol. The molecule has 2 aromatic carbocycles. The molecule has 1 saturated carbocycles. The summed E-state index contributed by atoms with van der Waals surface area (Å²) in [6, 6.07) is 9.82. The SMILES string of the molecule is COC(=O)c1cnc(Br)cc1Oc1ccc(OC(F)(F)F)c(Cl)c1.COC(=O)c1cnc(C2CC2)cc1Oc1ccc(OC(F)(F)F)c(Cl)c1. The largest absolute Gasteiger partial charge is 0.573 e. The lowest BCUT2D eigenvalue weighted by Crippen LogP contribution is -2.17. The first-order valence-electron chi connectivity index (χ1n) is 13.7. The number of hydrogen-bond donors (Lipinski definition) is 0. The van der Waals surface area contributed by atoms with Gasteiger partial charge in [0.1, 0.15) is 50.2 Å². The maximum atomic E-state index is 12.3. The number of benzene rings is 2. The van der Waals surface area contributed by atoms with E-state index in [0.717, 1.165) is 36.7 Å². The summed E-state index contributed by atoms with van der Waals surface area (Å²) in [4.78, 5) is 31.7. The molecule has 1 aliphatic rings. The van der Waals surface area contributed by atoms with Crippen LogP contribution >= 0.6 is 39.1 Å². The van der Waals surface area contributed by atoms with E-state index in [0.29, 0.717) is 10.5 Å². The summed E-state index contributed by atoms with van der Waals surface area (Å²) < 4.78 is 102. The smallest absolute Gasteiger partial charge is 0.465 e. The molecule has 50 heavy (non-hydrogen) atoms. The van der Waals surface area contributed by atoms with E-state index in [-0.39, 0.29) is 44.2 Å². The first-order valence-corrected chi connectivity index (χ1v) is 15.3. The van der Waals surface area contributed by atoms with Gasteiger partial charge in [0.25, 0.3) is 0 Å². The van der Waals surface area contributed by atoms with Gasteiger partial charge in [0.15, 0.2) is 0 Å². The molecule has 0 N–H and O–H groups in total. The standard InChI is InChI=1S/C17H13ClF3NO4.C14H8BrClF3NO4/c1-24-16(23)11-8-22-13(9-2-3-9)7-15(11)25-10-4-5-14(12(18)6-10)26-17(19,20)21;1-22-13(21)8-6-20-12(15)5-11(8)23-7-2-3-10(9(16)4-7)24-14(17,18)19/h4-9H,2-3H2,1H3;2-6H,1H3. The van der Waals surface area contributed by atoms with Crippen molar-refractivity contribution in [3.63, 3.8) is 0 Å². The second-order valence-corrected chi connectivity index (χ2v) is 11.5. The van der Waals surface area contributed by atoms with Crippen molar-refractivity contribution in [2.45, 2.75) is 31.5 Å². The third kappa shape index (κ3) is 11.0. The molecule has 0 saturated heterocycles. The van der Waals surface area contributed by atoms with Crippen molar-refractivity contribution in [3.05, 3.63) is 92.4 Å². The second kappa shape index (κ2) is 16.0. The molecule has 266 valence electrons. The molecule has 0 radical (unpaired) electrons. The maximum absolute atomic E-state index is 12.3. The first kappa shape index (κ1) is 38.3. The number of esters is 2. The van der Waals surface area contributed by atoms with Gasteiger partial charge in [0.05, 0.1) is 24.3 Å². The van der Waals surface area contributed by atoms with Gasteiger partial charge in [-0.05, 0) is 53.0 Å². The Morgan fingerprint density at radius 3 is 1.54 bits per heavy atom. The van der Waals surface area contributed by atoms with Gasteiger partial charge >= 0.3 is 24.7 Å². The van der Waals surface area contributed by atoms with Crippen LogP contribution in [0.3, 0.4) is 0 Å². The van der Waals surface area contributed by atoms with Gasteiger partial charge in [0, 0.05) is 48.3 Å². The zero-order chi connectivity index (χ0) is 36.8. The molecule has 5 rings (SSSR count). The molecule has 0 spiro atoms. The molecule has 0 aliphatic heterocycles. The average molecular weight is 814 g/mol. The van der Waals surface area contributed by atoms with Crippen molar-refractivity contribution in [1.29, 1.82) is 0 Å². The van der Waals surface area contributed by atoms with Crippen molar-refractivity contribution in [2.24, 2.45) is 0 Å². The minimum absolute atomic E-state index is 0.0347. The number of carbonyl (C=O) groups excluding carboxylic acids is 2. The van der Waals surface area contributed by atoms with E-state index in [4.69, 9.17) is 37.4 Å². The summed E-state index contributed by atoms with van der Waals surface area (Å²) in [5, 5.41) is -0.589. The third-order valence-corrected chi connectivity index (χ3v) is 7.26. The number of hydrogen-bond acceptors (Lipinski definition) is 10. The van der Waals surface area contributed by atoms with Crippen LogP contribution in [0.25, 0.3) is 0 Å². The fourth-order valence-corrected chi connectivity index (χ4v) is 4.65. The summed E-state index contributed by atoms with van der Waals surface area (Å²) in [6.45, 7) is 0. The lowest BCUT2D eigenvalue weighted by molar-refractivity contribution is -0.275. The highest BCUT2D eigenvalue weighted by atomic mass is 79.9. The lowest BCUT2D eigenvalue weighted by atomic mass is 10.2. The van der Waals surface area contributed by atoms with Crippen LogP contribution in [0.5, 0.6) is 34.5 Å². The van der Waals surface area contributed by atoms with Crippen LogP contribution in [0.4, 0.5) is 26.3 Å². The van der Waals surface area contributed by atoms with Crippen LogP contribution in [0.2, 0.25) is 10.0 Å². The van der Waals surface area contributed by atoms with Gasteiger partial charge in [-0.2, -0.15) is 0 Å². The molecule has 0 bridgehead atoms. The van der Waals surface area contributed by atoms with Crippen LogP contribution in [0.15, 0.2) is 65.5 Å². The maximum Gasteiger partial charge on any atom is 0.573 e. The molecule has 0 amide bonds. The van der Waals surface area contributed by atoms with E-state index in [2.05, 4.69) is 40.1 Å². The molecule has 4 aromatic rings. The van der Waals surface area contributed by atoms with Crippen LogP contribution < -0.4 is 18.9 Å². The van der Waals surface area contributed by atoms with Crippen LogP contribution in [-0.2, 0) is 9.47 Å². The summed E-state index contributed by atoms with van der Waals surface area (Å²) in [6.07, 6.45) is -5.13. The van der Waals surface area contributed by atoms with Gasteiger partial charge in [0.2, 0.25) is 0 Å². The van der Waals surface area contributed by atoms with Crippen molar-refractivity contribution < 1.29 is 64.4 Å². The van der Waals surface area contributed by atoms with Gasteiger partial charge in [-0.15, -0.1) is 26.3 Å². The van der Waals surface area contributed by atoms with Crippen LogP contribution in [-0.4, -0.2) is 48.9 Å². The number of alkyl halides is 6. The number of nitrogens with zero attached hydrogens (tertiary/aromatic N) is 2. The number of methoxy groups -OCH3 is 2. The lowest BCUT2D eigenvalue weighted by Gasteiger charge is -2.13. The summed E-state index contributed by atoms with van der Waals surface area (Å²) >= 11 is 14.7. The van der Waals surface area contributed by atoms with E-state index in [1.54, 1.807) is 6.07 Å². The Kier molecular flexibility index (Phi) is 12.3. The third-order valence-electron chi connectivity index (χ3n) is 6.24. The zero-order valence-corrected chi connectivity index (χ0v) is 28.4. The molecule has 2 heterocycles. The zero-order valence-electron chi connectivity index (χ0n) is 25.3. The minimum Gasteiger partial charge on any atom is -0.465 e. The quantitative estimate of drug-likeness (QED) is 0.0919. The van der Waals surface area contributed by atoms with E-state index >= 15 is 0 Å². The fraction of sp³-hybridized carbons (Fsp3) is 0.226. The topological polar surface area (TPSA) is 115 Å². The highest BCUT2D eigenvalue weighted by Gasteiger charge is 2.33. The Morgan fingerprint density at radius 1 is 0.700 bits per heavy atom. The van der Waals surface area contributed by atoms with Crippen molar-refractivity contribution in [3.8, 4) is 34.5 Å². The summed E-state index contributed by atoms with van der Waals surface area (Å²) in [5.41, 5.74) is 0.909.